The molecule has 0 aromatic heterocycles. The van der Waals surface area contributed by atoms with E-state index < -0.39 is 0 Å². The Bertz CT molecular complexity index is 1040. The van der Waals surface area contributed by atoms with E-state index in [9.17, 15) is 0 Å². The van der Waals surface area contributed by atoms with Crippen molar-refractivity contribution in [1.29, 1.82) is 0 Å². The maximum Gasteiger partial charge on any atom is 0.443 e. The number of hydrogen-bond donors (Lipinski definition) is 0. The molecule has 0 atom stereocenters. The summed E-state index contributed by atoms with van der Waals surface area (Å²) >= 11 is 0. The van der Waals surface area contributed by atoms with Crippen LogP contribution in [0.1, 0.15) is 41.5 Å². The van der Waals surface area contributed by atoms with Crippen LogP contribution in [0.2, 0.25) is 0 Å². The minimum absolute atomic E-state index is 0.00856. The fourth-order valence-corrected chi connectivity index (χ4v) is 5.64. The molecule has 0 aromatic rings. The zero-order chi connectivity index (χ0) is 25.7. The highest BCUT2D eigenvalue weighted by molar-refractivity contribution is 6.61. The molecule has 0 unspecified atom stereocenters. The van der Waals surface area contributed by atoms with E-state index in [1.54, 1.807) is 7.11 Å². The number of allylic oxidation sites excluding steroid dienone is 6. The molecule has 6 nitrogen and oxygen atoms in total. The van der Waals surface area contributed by atoms with E-state index in [4.69, 9.17) is 4.65 Å². The molecule has 0 saturated heterocycles. The van der Waals surface area contributed by atoms with Gasteiger partial charge in [0.25, 0.3) is 0 Å². The predicted octanol–water partition coefficient (Wildman–Crippen LogP) is 4.40. The van der Waals surface area contributed by atoms with Crippen LogP contribution in [0.4, 0.5) is 0 Å². The van der Waals surface area contributed by atoms with Crippen LogP contribution in [-0.4, -0.2) is 69.8 Å². The van der Waals surface area contributed by atoms with E-state index in [-0.39, 0.29) is 38.0 Å². The van der Waals surface area contributed by atoms with E-state index in [1.165, 1.54) is 11.4 Å². The highest BCUT2D eigenvalue weighted by Crippen LogP contribution is 2.41. The fourth-order valence-electron chi connectivity index (χ4n) is 5.64. The Morgan fingerprint density at radius 2 is 1.17 bits per heavy atom. The first kappa shape index (κ1) is 24.8. The van der Waals surface area contributed by atoms with Gasteiger partial charge in [-0.3, -0.25) is 0 Å². The molecule has 0 amide bonds. The van der Waals surface area contributed by atoms with Crippen molar-refractivity contribution in [1.82, 2.24) is 24.1 Å². The molecule has 0 aliphatic carbocycles. The molecule has 0 N–H and O–H groups in total. The maximum atomic E-state index is 5.84. The molecular formula is C27H38B3N5O. The van der Waals surface area contributed by atoms with Crippen molar-refractivity contribution in [3.05, 3.63) is 96.8 Å². The van der Waals surface area contributed by atoms with Crippen molar-refractivity contribution < 1.29 is 4.65 Å². The largest absolute Gasteiger partial charge is 0.443 e. The number of fused-ring (bicyclic) bond motifs is 2. The summed E-state index contributed by atoms with van der Waals surface area (Å²) in [5, 5.41) is 0. The Morgan fingerprint density at radius 1 is 0.694 bits per heavy atom. The van der Waals surface area contributed by atoms with Crippen LogP contribution in [-0.2, 0) is 4.65 Å². The van der Waals surface area contributed by atoms with E-state index >= 15 is 0 Å². The van der Waals surface area contributed by atoms with Gasteiger partial charge in [0.15, 0.2) is 0 Å². The van der Waals surface area contributed by atoms with Crippen molar-refractivity contribution in [3.63, 3.8) is 0 Å². The summed E-state index contributed by atoms with van der Waals surface area (Å²) in [6.07, 6.45) is 24.2. The third kappa shape index (κ3) is 4.38. The zero-order valence-electron chi connectivity index (χ0n) is 22.7. The molecule has 5 aliphatic rings. The van der Waals surface area contributed by atoms with Crippen LogP contribution in [0.25, 0.3) is 0 Å². The van der Waals surface area contributed by atoms with Crippen LogP contribution >= 0.6 is 0 Å². The molecule has 9 heteroatoms. The molecule has 0 radical (unpaired) electrons. The number of hydrogen-bond acceptors (Lipinski definition) is 6. The van der Waals surface area contributed by atoms with Crippen molar-refractivity contribution >= 4 is 21.0 Å². The summed E-state index contributed by atoms with van der Waals surface area (Å²) in [5.41, 5.74) is 2.59. The van der Waals surface area contributed by atoms with Crippen molar-refractivity contribution in [3.8, 4) is 0 Å². The molecule has 0 spiro atoms. The van der Waals surface area contributed by atoms with Gasteiger partial charge < -0.3 is 28.7 Å². The van der Waals surface area contributed by atoms with E-state index in [0.29, 0.717) is 0 Å². The first-order valence-corrected chi connectivity index (χ1v) is 13.0. The van der Waals surface area contributed by atoms with Crippen molar-refractivity contribution in [2.45, 2.75) is 52.6 Å². The Morgan fingerprint density at radius 3 is 1.64 bits per heavy atom. The molecular weight excluding hydrogens is 443 g/mol. The Hall–Kier alpha value is -2.93. The number of rotatable bonds is 5. The van der Waals surface area contributed by atoms with Crippen LogP contribution in [0, 0.1) is 5.92 Å². The Labute approximate surface area is 218 Å². The van der Waals surface area contributed by atoms with Gasteiger partial charge in [0, 0.05) is 48.5 Å². The van der Waals surface area contributed by atoms with Gasteiger partial charge in [0.05, 0.1) is 5.92 Å². The minimum Gasteiger partial charge on any atom is -0.416 e. The van der Waals surface area contributed by atoms with E-state index in [2.05, 4.69) is 151 Å². The number of nitrogens with zero attached hydrogens (tertiary/aromatic N) is 5. The average Bonchev–Trinajstić information content (AvgIpc) is 3.42. The smallest absolute Gasteiger partial charge is 0.416 e. The summed E-state index contributed by atoms with van der Waals surface area (Å²) in [7, 11) is 1.70. The van der Waals surface area contributed by atoms with Gasteiger partial charge in [-0.15, -0.1) is 0 Å². The monoisotopic (exact) mass is 481 g/mol. The zero-order valence-corrected chi connectivity index (χ0v) is 22.7. The van der Waals surface area contributed by atoms with Gasteiger partial charge in [0.1, 0.15) is 0 Å². The second-order valence-electron chi connectivity index (χ2n) is 12.0. The summed E-state index contributed by atoms with van der Waals surface area (Å²) < 4.78 is 5.84. The lowest BCUT2D eigenvalue weighted by Crippen LogP contribution is -2.51. The summed E-state index contributed by atoms with van der Waals surface area (Å²) in [6.45, 7) is 14.9. The van der Waals surface area contributed by atoms with E-state index in [1.807, 2.05) is 0 Å². The van der Waals surface area contributed by atoms with Crippen molar-refractivity contribution in [2.24, 2.45) is 5.92 Å². The molecule has 5 rings (SSSR count). The second kappa shape index (κ2) is 9.18. The molecule has 5 aliphatic heterocycles. The second-order valence-corrected chi connectivity index (χ2v) is 12.0. The van der Waals surface area contributed by atoms with Gasteiger partial charge in [-0.1, -0.05) is 36.2 Å². The van der Waals surface area contributed by atoms with E-state index in [0.717, 1.165) is 6.54 Å². The Balaban J connectivity index is 1.60. The first-order chi connectivity index (χ1) is 17.1. The van der Waals surface area contributed by atoms with Gasteiger partial charge >= 0.3 is 21.0 Å². The quantitative estimate of drug-likeness (QED) is 0.541. The lowest BCUT2D eigenvalue weighted by molar-refractivity contribution is 0.323. The third-order valence-corrected chi connectivity index (χ3v) is 7.45. The molecule has 0 aromatic carbocycles. The minimum atomic E-state index is -0.0841. The molecule has 5 heterocycles. The fraction of sp³-hybridized carbons (Fsp3) is 0.407. The van der Waals surface area contributed by atoms with Gasteiger partial charge in [-0.2, -0.15) is 0 Å². The average molecular weight is 481 g/mol. The van der Waals surface area contributed by atoms with Crippen LogP contribution < -0.4 is 0 Å². The normalized spacial score (nSPS) is 20.9. The lowest BCUT2D eigenvalue weighted by Gasteiger charge is -2.39. The van der Waals surface area contributed by atoms with Crippen molar-refractivity contribution in [2.75, 3.05) is 13.7 Å². The summed E-state index contributed by atoms with van der Waals surface area (Å²) in [5.74, 6) is 6.83. The van der Waals surface area contributed by atoms with Gasteiger partial charge in [-0.25, -0.2) is 0 Å². The molecule has 0 saturated carbocycles. The van der Waals surface area contributed by atoms with Crippen LogP contribution in [0.15, 0.2) is 96.8 Å². The van der Waals surface area contributed by atoms with Crippen LogP contribution in [0.5, 0.6) is 0 Å². The standard InChI is InChI=1S/C27H38B3N5O/c1-26(2,3)34-21-24(32-18-12-8-14-28(32)34)23(20-31-17-11-10-16-30(31)36-7)25-22-35(27(4,5)6)29-15-9-13-19-33(25)29/h8-19,21-23H,20H2,1-7H3. The third-order valence-electron chi connectivity index (χ3n) is 7.45. The predicted molar refractivity (Wildman–Crippen MR) is 152 cm³/mol. The molecule has 186 valence electrons. The molecule has 0 bridgehead atoms. The first-order valence-electron chi connectivity index (χ1n) is 13.0. The summed E-state index contributed by atoms with van der Waals surface area (Å²) in [4.78, 5) is 12.2. The highest BCUT2D eigenvalue weighted by Gasteiger charge is 2.48. The van der Waals surface area contributed by atoms with Gasteiger partial charge in [0.2, 0.25) is 0 Å². The lowest BCUT2D eigenvalue weighted by atomic mass is 9.68. The summed E-state index contributed by atoms with van der Waals surface area (Å²) in [6, 6.07) is 0. The van der Waals surface area contributed by atoms with Gasteiger partial charge in [-0.05, 0) is 78.4 Å². The molecule has 36 heavy (non-hydrogen) atoms. The SMILES string of the molecule is COB1C=CC=CN1CC(C1=CN(C(C)(C)C)B2C=CC=CN21)C1=CN(C(C)(C)C)B2C=CC=CN21. The highest BCUT2D eigenvalue weighted by atomic mass is 16.4. The molecule has 0 fully saturated rings. The topological polar surface area (TPSA) is 25.4 Å². The maximum absolute atomic E-state index is 5.84. The Kier molecular flexibility index (Phi) is 6.31. The van der Waals surface area contributed by atoms with Crippen LogP contribution in [0.3, 0.4) is 0 Å².